The Balaban J connectivity index is 1.55. The predicted octanol–water partition coefficient (Wildman–Crippen LogP) is 2.57. The van der Waals surface area contributed by atoms with Crippen molar-refractivity contribution in [2.75, 3.05) is 13.7 Å². The van der Waals surface area contributed by atoms with Gasteiger partial charge in [0, 0.05) is 25.4 Å². The average Bonchev–Trinajstić information content (AvgIpc) is 3.16. The third-order valence-electron chi connectivity index (χ3n) is 4.70. The molecule has 2 aromatic rings. The van der Waals surface area contributed by atoms with Crippen molar-refractivity contribution in [2.24, 2.45) is 5.92 Å². The van der Waals surface area contributed by atoms with Gasteiger partial charge in [-0.05, 0) is 30.4 Å². The summed E-state index contributed by atoms with van der Waals surface area (Å²) in [5, 5.41) is 10.3. The summed E-state index contributed by atoms with van der Waals surface area (Å²) in [6.07, 6.45) is 4.70. The summed E-state index contributed by atoms with van der Waals surface area (Å²) in [7, 11) is 1.67. The van der Waals surface area contributed by atoms with Crippen LogP contribution in [-0.4, -0.2) is 29.5 Å². The molecule has 1 heterocycles. The molecular weight excluding hydrogens is 316 g/mol. The second-order valence-corrected chi connectivity index (χ2v) is 6.79. The fraction of sp³-hybridized carbons (Fsp3) is 0.474. The summed E-state index contributed by atoms with van der Waals surface area (Å²) < 4.78 is 6.85. The van der Waals surface area contributed by atoms with E-state index in [4.69, 9.17) is 4.74 Å². The normalized spacial score (nSPS) is 18.8. The number of benzene rings is 1. The number of ether oxygens (including phenoxy) is 1. The zero-order chi connectivity index (χ0) is 17.8. The molecule has 6 nitrogen and oxygen atoms in total. The van der Waals surface area contributed by atoms with Gasteiger partial charge in [-0.3, -0.25) is 4.68 Å². The molecule has 2 N–H and O–H groups in total. The van der Waals surface area contributed by atoms with Gasteiger partial charge in [0.25, 0.3) is 0 Å². The Bertz CT molecular complexity index is 741. The number of aromatic nitrogens is 2. The Hall–Kier alpha value is -2.34. The molecule has 6 heteroatoms. The van der Waals surface area contributed by atoms with Crippen molar-refractivity contribution in [1.29, 1.82) is 0 Å². The first-order valence-electron chi connectivity index (χ1n) is 8.71. The second-order valence-electron chi connectivity index (χ2n) is 6.79. The molecule has 134 valence electrons. The third kappa shape index (κ3) is 4.20. The highest BCUT2D eigenvalue weighted by atomic mass is 16.5. The lowest BCUT2D eigenvalue weighted by atomic mass is 10.0. The Morgan fingerprint density at radius 3 is 3.08 bits per heavy atom. The molecule has 1 aliphatic carbocycles. The molecular formula is C19H26N4O2. The summed E-state index contributed by atoms with van der Waals surface area (Å²) in [6, 6.07) is 6.42. The molecule has 0 saturated carbocycles. The van der Waals surface area contributed by atoms with Crippen LogP contribution >= 0.6 is 0 Å². The number of amides is 2. The maximum atomic E-state index is 12.3. The molecule has 2 atom stereocenters. The molecule has 1 aliphatic rings. The topological polar surface area (TPSA) is 68.2 Å². The molecule has 0 spiro atoms. The van der Waals surface area contributed by atoms with Crippen LogP contribution in [0, 0.1) is 12.8 Å². The summed E-state index contributed by atoms with van der Waals surface area (Å²) in [4.78, 5) is 12.3. The Kier molecular flexibility index (Phi) is 5.38. The summed E-state index contributed by atoms with van der Waals surface area (Å²) in [5.41, 5.74) is 4.78. The minimum Gasteiger partial charge on any atom is -0.383 e. The van der Waals surface area contributed by atoms with Crippen LogP contribution in [-0.2, 0) is 24.2 Å². The summed E-state index contributed by atoms with van der Waals surface area (Å²) in [5.74, 6) is 0.402. The van der Waals surface area contributed by atoms with Crippen molar-refractivity contribution < 1.29 is 9.53 Å². The van der Waals surface area contributed by atoms with Crippen LogP contribution in [0.15, 0.2) is 30.6 Å². The van der Waals surface area contributed by atoms with E-state index in [-0.39, 0.29) is 12.1 Å². The number of hydrogen-bond donors (Lipinski definition) is 2. The summed E-state index contributed by atoms with van der Waals surface area (Å²) in [6.45, 7) is 6.05. The van der Waals surface area contributed by atoms with Crippen LogP contribution in [0.25, 0.3) is 0 Å². The predicted molar refractivity (Wildman–Crippen MR) is 96.3 cm³/mol. The highest BCUT2D eigenvalue weighted by Crippen LogP contribution is 2.36. The smallest absolute Gasteiger partial charge is 0.315 e. The fourth-order valence-corrected chi connectivity index (χ4v) is 3.36. The molecule has 2 amide bonds. The Morgan fingerprint density at radius 2 is 2.28 bits per heavy atom. The third-order valence-corrected chi connectivity index (χ3v) is 4.70. The molecule has 3 rings (SSSR count). The van der Waals surface area contributed by atoms with Crippen molar-refractivity contribution in [3.8, 4) is 0 Å². The number of urea groups is 1. The zero-order valence-corrected chi connectivity index (χ0v) is 15.1. The second kappa shape index (κ2) is 7.70. The van der Waals surface area contributed by atoms with Crippen molar-refractivity contribution >= 4 is 6.03 Å². The number of nitrogens with zero attached hydrogens (tertiary/aromatic N) is 2. The lowest BCUT2D eigenvalue weighted by Gasteiger charge is -2.19. The number of aryl methyl sites for hydroxylation is 1. The maximum Gasteiger partial charge on any atom is 0.315 e. The van der Waals surface area contributed by atoms with E-state index >= 15 is 0 Å². The van der Waals surface area contributed by atoms with E-state index in [1.807, 2.05) is 10.9 Å². The van der Waals surface area contributed by atoms with Crippen LogP contribution in [0.4, 0.5) is 4.79 Å². The van der Waals surface area contributed by atoms with Gasteiger partial charge >= 0.3 is 6.03 Å². The van der Waals surface area contributed by atoms with E-state index < -0.39 is 0 Å². The standard InChI is InChI=1S/C19H26N4O2/c1-13-4-5-16-9-14(2)18(17(16)8-13)22-19(24)20-10-15-11-21-23(12-15)6-7-25-3/h4-5,8,11-12,14,18H,6-7,9-10H2,1-3H3,(H2,20,22,24)/t14-,18+/m1/s1. The van der Waals surface area contributed by atoms with E-state index in [1.165, 1.54) is 16.7 Å². The van der Waals surface area contributed by atoms with Crippen LogP contribution in [0.2, 0.25) is 0 Å². The monoisotopic (exact) mass is 342 g/mol. The maximum absolute atomic E-state index is 12.3. The molecule has 0 unspecified atom stereocenters. The van der Waals surface area contributed by atoms with Crippen molar-refractivity contribution in [3.05, 3.63) is 52.8 Å². The molecule has 1 aromatic carbocycles. The van der Waals surface area contributed by atoms with Crippen LogP contribution in [0.3, 0.4) is 0 Å². The number of hydrogen-bond acceptors (Lipinski definition) is 3. The minimum atomic E-state index is -0.143. The number of carbonyl (C=O) groups excluding carboxylic acids is 1. The van der Waals surface area contributed by atoms with Gasteiger partial charge in [0.1, 0.15) is 0 Å². The highest BCUT2D eigenvalue weighted by molar-refractivity contribution is 5.74. The quantitative estimate of drug-likeness (QED) is 0.848. The van der Waals surface area contributed by atoms with Crippen LogP contribution < -0.4 is 10.6 Å². The first-order valence-corrected chi connectivity index (χ1v) is 8.71. The van der Waals surface area contributed by atoms with Gasteiger partial charge in [-0.25, -0.2) is 4.79 Å². The van der Waals surface area contributed by atoms with Gasteiger partial charge in [-0.15, -0.1) is 0 Å². The van der Waals surface area contributed by atoms with Crippen molar-refractivity contribution in [1.82, 2.24) is 20.4 Å². The molecule has 0 bridgehead atoms. The first kappa shape index (κ1) is 17.5. The Morgan fingerprint density at radius 1 is 1.44 bits per heavy atom. The largest absolute Gasteiger partial charge is 0.383 e. The minimum absolute atomic E-state index is 0.0688. The van der Waals surface area contributed by atoms with Gasteiger partial charge in [0.15, 0.2) is 0 Å². The lowest BCUT2D eigenvalue weighted by molar-refractivity contribution is 0.183. The molecule has 0 aliphatic heterocycles. The van der Waals surface area contributed by atoms with Gasteiger partial charge in [0.05, 0.1) is 25.4 Å². The number of fused-ring (bicyclic) bond motifs is 1. The molecule has 25 heavy (non-hydrogen) atoms. The van der Waals surface area contributed by atoms with E-state index in [0.717, 1.165) is 12.0 Å². The molecule has 0 radical (unpaired) electrons. The number of carbonyl (C=O) groups is 1. The lowest BCUT2D eigenvalue weighted by Crippen LogP contribution is -2.38. The van der Waals surface area contributed by atoms with Gasteiger partial charge < -0.3 is 15.4 Å². The van der Waals surface area contributed by atoms with Gasteiger partial charge in [-0.1, -0.05) is 30.7 Å². The number of nitrogens with one attached hydrogen (secondary N) is 2. The first-order chi connectivity index (χ1) is 12.1. The van der Waals surface area contributed by atoms with Crippen molar-refractivity contribution in [2.45, 2.75) is 39.4 Å². The van der Waals surface area contributed by atoms with E-state index in [0.29, 0.717) is 25.6 Å². The number of methoxy groups -OCH3 is 1. The molecule has 0 fully saturated rings. The van der Waals surface area contributed by atoms with E-state index in [1.54, 1.807) is 13.3 Å². The zero-order valence-electron chi connectivity index (χ0n) is 15.1. The van der Waals surface area contributed by atoms with Crippen LogP contribution in [0.1, 0.15) is 35.2 Å². The van der Waals surface area contributed by atoms with Crippen molar-refractivity contribution in [3.63, 3.8) is 0 Å². The van der Waals surface area contributed by atoms with E-state index in [2.05, 4.69) is 47.8 Å². The molecule has 0 saturated heterocycles. The fourth-order valence-electron chi connectivity index (χ4n) is 3.36. The van der Waals surface area contributed by atoms with Gasteiger partial charge in [-0.2, -0.15) is 5.10 Å². The van der Waals surface area contributed by atoms with Gasteiger partial charge in [0.2, 0.25) is 0 Å². The molecule has 1 aromatic heterocycles. The van der Waals surface area contributed by atoms with Crippen LogP contribution in [0.5, 0.6) is 0 Å². The highest BCUT2D eigenvalue weighted by Gasteiger charge is 2.30. The van der Waals surface area contributed by atoms with E-state index in [9.17, 15) is 4.79 Å². The SMILES string of the molecule is COCCn1cc(CNC(=O)N[C@@H]2c3cc(C)ccc3C[C@H]2C)cn1. The average molecular weight is 342 g/mol. The number of rotatable bonds is 6. The Labute approximate surface area is 148 Å². The summed E-state index contributed by atoms with van der Waals surface area (Å²) >= 11 is 0.